The van der Waals surface area contributed by atoms with Crippen molar-refractivity contribution in [3.63, 3.8) is 0 Å². The zero-order valence-electron chi connectivity index (χ0n) is 27.2. The van der Waals surface area contributed by atoms with E-state index in [4.69, 9.17) is 7.26 Å². The van der Waals surface area contributed by atoms with Crippen LogP contribution in [0.1, 0.15) is 182 Å². The molecule has 0 saturated heterocycles. The molecule has 0 atom stereocenters. The van der Waals surface area contributed by atoms with Crippen LogP contribution < -0.4 is 0 Å². The van der Waals surface area contributed by atoms with Crippen molar-refractivity contribution in [3.8, 4) is 0 Å². The Bertz CT molecular complexity index is 510. The second kappa shape index (κ2) is 38.4. The molecule has 0 aliphatic carbocycles. The SMILES string of the molecule is CCCCCCCCCCCCSOS(=O)(=O)OSCCCCCCCCCCCC.CCC[CH2][Sn][CH2]CCC. The van der Waals surface area contributed by atoms with Gasteiger partial charge in [0.2, 0.25) is 0 Å². The number of hydrogen-bond acceptors (Lipinski definition) is 6. The summed E-state index contributed by atoms with van der Waals surface area (Å²) in [6, 6.07) is 0. The van der Waals surface area contributed by atoms with E-state index in [0.29, 0.717) is 11.5 Å². The van der Waals surface area contributed by atoms with Gasteiger partial charge in [-0.1, -0.05) is 129 Å². The van der Waals surface area contributed by atoms with Crippen molar-refractivity contribution in [1.82, 2.24) is 0 Å². The Balaban J connectivity index is 0. The third-order valence-electron chi connectivity index (χ3n) is 6.84. The molecule has 0 aromatic carbocycles. The summed E-state index contributed by atoms with van der Waals surface area (Å²) in [4.78, 5) is 0. The van der Waals surface area contributed by atoms with E-state index < -0.39 is 10.4 Å². The standard InChI is InChI=1S/C24H50O4S3.2C4H9.Sn/c1-3-5-7-9-11-13-15-17-19-21-23-29-27-31(25,26)28-30-24-22-20-18-16-14-12-10-8-6-4-2;2*1-3-4-2;/h3-24H2,1-2H3;2*1,3-4H2,2H3;. The van der Waals surface area contributed by atoms with Gasteiger partial charge in [0.05, 0.1) is 0 Å². The van der Waals surface area contributed by atoms with Gasteiger partial charge in [0.15, 0.2) is 0 Å². The summed E-state index contributed by atoms with van der Waals surface area (Å²) in [5, 5.41) is 0. The first-order valence-corrected chi connectivity index (χ1v) is 24.3. The molecule has 242 valence electrons. The van der Waals surface area contributed by atoms with E-state index in [1.165, 1.54) is 128 Å². The van der Waals surface area contributed by atoms with Crippen LogP contribution in [0.15, 0.2) is 0 Å². The summed E-state index contributed by atoms with van der Waals surface area (Å²) in [5.74, 6) is 1.39. The van der Waals surface area contributed by atoms with Gasteiger partial charge in [0, 0.05) is 35.6 Å². The molecule has 0 saturated carbocycles. The molecule has 0 heterocycles. The second-order valence-corrected chi connectivity index (χ2v) is 18.5. The van der Waals surface area contributed by atoms with Gasteiger partial charge in [-0.2, -0.15) is 15.7 Å². The molecule has 0 aliphatic heterocycles. The summed E-state index contributed by atoms with van der Waals surface area (Å²) >= 11 is 2.14. The Morgan fingerprint density at radius 2 is 0.700 bits per heavy atom. The van der Waals surface area contributed by atoms with Crippen LogP contribution in [0.3, 0.4) is 0 Å². The molecule has 0 rings (SSSR count). The molecule has 4 nitrogen and oxygen atoms in total. The van der Waals surface area contributed by atoms with Crippen LogP contribution >= 0.6 is 24.1 Å². The molecule has 0 aromatic rings. The van der Waals surface area contributed by atoms with Crippen molar-refractivity contribution in [2.45, 2.75) is 191 Å². The predicted octanol–water partition coefficient (Wildman–Crippen LogP) is 12.5. The van der Waals surface area contributed by atoms with Gasteiger partial charge in [0.1, 0.15) is 0 Å². The van der Waals surface area contributed by atoms with Crippen molar-refractivity contribution in [2.75, 3.05) is 11.5 Å². The van der Waals surface area contributed by atoms with Gasteiger partial charge >= 0.3 is 79.9 Å². The van der Waals surface area contributed by atoms with Crippen molar-refractivity contribution in [3.05, 3.63) is 0 Å². The molecule has 0 aromatic heterocycles. The number of hydrogen-bond donors (Lipinski definition) is 0. The molecular weight excluding hydrogens is 663 g/mol. The van der Waals surface area contributed by atoms with Crippen molar-refractivity contribution >= 4 is 55.6 Å². The fourth-order valence-electron chi connectivity index (χ4n) is 4.22. The first-order chi connectivity index (χ1) is 19.5. The second-order valence-electron chi connectivity index (χ2n) is 11.0. The third kappa shape index (κ3) is 41.5. The molecule has 40 heavy (non-hydrogen) atoms. The van der Waals surface area contributed by atoms with E-state index in [1.807, 2.05) is 0 Å². The molecule has 0 bridgehead atoms. The van der Waals surface area contributed by atoms with E-state index in [1.54, 1.807) is 8.87 Å². The van der Waals surface area contributed by atoms with Gasteiger partial charge < -0.3 is 0 Å². The Hall–Kier alpha value is 1.37. The fourth-order valence-corrected chi connectivity index (χ4v) is 10.8. The van der Waals surface area contributed by atoms with Crippen molar-refractivity contribution in [2.24, 2.45) is 0 Å². The number of unbranched alkanes of at least 4 members (excludes halogenated alkanes) is 20. The van der Waals surface area contributed by atoms with E-state index >= 15 is 0 Å². The van der Waals surface area contributed by atoms with Crippen molar-refractivity contribution in [1.29, 1.82) is 0 Å². The Kier molecular flexibility index (Phi) is 41.8. The predicted molar refractivity (Wildman–Crippen MR) is 185 cm³/mol. The Morgan fingerprint density at radius 1 is 0.425 bits per heavy atom. The average Bonchev–Trinajstić information content (AvgIpc) is 2.94. The van der Waals surface area contributed by atoms with E-state index in [2.05, 4.69) is 27.7 Å². The third-order valence-corrected chi connectivity index (χ3v) is 13.9. The first kappa shape index (κ1) is 43.5. The van der Waals surface area contributed by atoms with Crippen LogP contribution in [0, 0.1) is 0 Å². The minimum absolute atomic E-state index is 0.149. The fraction of sp³-hybridized carbons (Fsp3) is 1.00. The van der Waals surface area contributed by atoms with Crippen LogP contribution in [0.2, 0.25) is 8.87 Å². The van der Waals surface area contributed by atoms with Crippen LogP contribution in [-0.4, -0.2) is 41.1 Å². The Labute approximate surface area is 271 Å². The van der Waals surface area contributed by atoms with Gasteiger partial charge in [-0.15, -0.1) is 0 Å². The summed E-state index contributed by atoms with van der Waals surface area (Å²) in [7, 11) is -3.88. The maximum absolute atomic E-state index is 11.7. The molecule has 8 heteroatoms. The van der Waals surface area contributed by atoms with Crippen LogP contribution in [0.25, 0.3) is 0 Å². The summed E-state index contributed by atoms with van der Waals surface area (Å²) in [6.07, 6.45) is 31.3. The first-order valence-electron chi connectivity index (χ1n) is 17.1. The Morgan fingerprint density at radius 3 is 1.00 bits per heavy atom. The van der Waals surface area contributed by atoms with Crippen LogP contribution in [0.4, 0.5) is 0 Å². The van der Waals surface area contributed by atoms with Crippen LogP contribution in [0.5, 0.6) is 0 Å². The van der Waals surface area contributed by atoms with Crippen molar-refractivity contribution < 1.29 is 15.7 Å². The molecule has 0 unspecified atom stereocenters. The zero-order valence-corrected chi connectivity index (χ0v) is 32.5. The van der Waals surface area contributed by atoms with E-state index in [9.17, 15) is 8.42 Å². The molecule has 0 amide bonds. The summed E-state index contributed by atoms with van der Waals surface area (Å²) < 4.78 is 36.4. The normalized spacial score (nSPS) is 11.5. The summed E-state index contributed by atoms with van der Waals surface area (Å²) in [6.45, 7) is 9.08. The van der Waals surface area contributed by atoms with E-state index in [0.717, 1.165) is 49.8 Å². The maximum atomic E-state index is 11.7. The molecule has 0 N–H and O–H groups in total. The van der Waals surface area contributed by atoms with Gasteiger partial charge in [-0.05, 0) is 12.8 Å². The molecule has 0 aliphatic rings. The molecule has 0 fully saturated rings. The average molecular weight is 732 g/mol. The van der Waals surface area contributed by atoms with Crippen LogP contribution in [-0.2, 0) is 17.7 Å². The molecular formula is C32H68O4S3Sn. The van der Waals surface area contributed by atoms with Gasteiger partial charge in [-0.3, -0.25) is 0 Å². The van der Waals surface area contributed by atoms with E-state index in [-0.39, 0.29) is 21.1 Å². The monoisotopic (exact) mass is 732 g/mol. The topological polar surface area (TPSA) is 52.6 Å². The van der Waals surface area contributed by atoms with Gasteiger partial charge in [-0.25, -0.2) is 0 Å². The minimum atomic E-state index is -3.88. The van der Waals surface area contributed by atoms with Gasteiger partial charge in [0.25, 0.3) is 0 Å². The quantitative estimate of drug-likeness (QED) is 0.0390. The molecule has 0 spiro atoms. The zero-order chi connectivity index (χ0) is 29.8. The summed E-state index contributed by atoms with van der Waals surface area (Å²) in [5.41, 5.74) is 0. The molecule has 2 radical (unpaired) electrons. The number of rotatable bonds is 32.